The van der Waals surface area contributed by atoms with E-state index in [0.29, 0.717) is 6.04 Å². The lowest BCUT2D eigenvalue weighted by Gasteiger charge is -2.29. The van der Waals surface area contributed by atoms with E-state index in [0.717, 1.165) is 28.0 Å². The Hall–Kier alpha value is -0.280. The lowest BCUT2D eigenvalue weighted by Crippen LogP contribution is -2.28. The topological polar surface area (TPSA) is 25.2 Å². The van der Waals surface area contributed by atoms with Gasteiger partial charge in [0.05, 0.1) is 16.8 Å². The lowest BCUT2D eigenvalue weighted by molar-refractivity contribution is 0.234. The number of nitrogens with one attached hydrogen (secondary N) is 1. The predicted molar refractivity (Wildman–Crippen MR) is 67.1 cm³/mol. The van der Waals surface area contributed by atoms with Gasteiger partial charge in [0, 0.05) is 0 Å². The van der Waals surface area contributed by atoms with E-state index in [9.17, 15) is 0 Å². The highest BCUT2D eigenvalue weighted by Crippen LogP contribution is 2.53. The van der Waals surface area contributed by atoms with Gasteiger partial charge >= 0.3 is 0 Å². The van der Waals surface area contributed by atoms with Gasteiger partial charge in [-0.1, -0.05) is 6.42 Å². The Balaban J connectivity index is 1.84. The molecule has 3 rings (SSSR count). The quantitative estimate of drug-likeness (QED) is 0.914. The second-order valence-corrected chi connectivity index (χ2v) is 6.09. The molecule has 2 bridgehead atoms. The Bertz CT molecular complexity index is 376. The second kappa shape index (κ2) is 4.19. The molecule has 2 aliphatic rings. The Labute approximate surface area is 105 Å². The molecule has 2 aliphatic carbocycles. The van der Waals surface area contributed by atoms with Crippen molar-refractivity contribution in [3.05, 3.63) is 22.6 Å². The summed E-state index contributed by atoms with van der Waals surface area (Å²) in [5, 5.41) is 3.45. The van der Waals surface area contributed by atoms with Crippen molar-refractivity contribution < 1.29 is 4.42 Å². The first-order valence-electron chi connectivity index (χ1n) is 6.19. The van der Waals surface area contributed by atoms with Crippen molar-refractivity contribution in [2.24, 2.45) is 17.8 Å². The van der Waals surface area contributed by atoms with E-state index in [4.69, 9.17) is 4.42 Å². The highest BCUT2D eigenvalue weighted by molar-refractivity contribution is 9.10. The Morgan fingerprint density at radius 1 is 1.44 bits per heavy atom. The SMILES string of the molecule is CNC(c1occc1Br)C1CC2CCC1C2. The average Bonchev–Trinajstić information content (AvgIpc) is 2.97. The molecule has 4 atom stereocenters. The number of hydrogen-bond donors (Lipinski definition) is 1. The zero-order valence-electron chi connectivity index (χ0n) is 9.58. The van der Waals surface area contributed by atoms with E-state index in [1.165, 1.54) is 25.7 Å². The molecule has 2 fully saturated rings. The molecular weight excluding hydrogens is 266 g/mol. The van der Waals surface area contributed by atoms with E-state index in [1.54, 1.807) is 6.26 Å². The van der Waals surface area contributed by atoms with Gasteiger partial charge in [-0.05, 0) is 66.1 Å². The number of hydrogen-bond acceptors (Lipinski definition) is 2. The highest BCUT2D eigenvalue weighted by atomic mass is 79.9. The van der Waals surface area contributed by atoms with Gasteiger partial charge in [0.15, 0.2) is 0 Å². The normalized spacial score (nSPS) is 34.5. The van der Waals surface area contributed by atoms with Gasteiger partial charge in [-0.3, -0.25) is 0 Å². The maximum absolute atomic E-state index is 5.63. The standard InChI is InChI=1S/C13H18BrNO/c1-15-12(13-11(14)4-5-16-13)10-7-8-2-3-9(10)6-8/h4-5,8-10,12,15H,2-3,6-7H2,1H3. The molecule has 0 amide bonds. The lowest BCUT2D eigenvalue weighted by atomic mass is 9.82. The van der Waals surface area contributed by atoms with E-state index in [1.807, 2.05) is 13.1 Å². The summed E-state index contributed by atoms with van der Waals surface area (Å²) >= 11 is 3.57. The van der Waals surface area contributed by atoms with Gasteiger partial charge < -0.3 is 9.73 Å². The number of fused-ring (bicyclic) bond motifs is 2. The van der Waals surface area contributed by atoms with Crippen LogP contribution >= 0.6 is 15.9 Å². The summed E-state index contributed by atoms with van der Waals surface area (Å²) in [6.07, 6.45) is 7.48. The average molecular weight is 284 g/mol. The number of furan rings is 1. The van der Waals surface area contributed by atoms with Crippen molar-refractivity contribution in [1.82, 2.24) is 5.32 Å². The van der Waals surface area contributed by atoms with Crippen LogP contribution in [0.15, 0.2) is 21.2 Å². The molecule has 1 aromatic heterocycles. The van der Waals surface area contributed by atoms with Crippen LogP contribution in [0.5, 0.6) is 0 Å². The van der Waals surface area contributed by atoms with Crippen molar-refractivity contribution in [3.63, 3.8) is 0 Å². The van der Waals surface area contributed by atoms with Crippen LogP contribution in [0.2, 0.25) is 0 Å². The Morgan fingerprint density at radius 3 is 2.81 bits per heavy atom. The molecule has 3 heteroatoms. The van der Waals surface area contributed by atoms with Crippen molar-refractivity contribution in [2.75, 3.05) is 7.05 Å². The van der Waals surface area contributed by atoms with E-state index in [2.05, 4.69) is 21.2 Å². The minimum atomic E-state index is 0.389. The zero-order valence-corrected chi connectivity index (χ0v) is 11.2. The number of rotatable bonds is 3. The first kappa shape index (κ1) is 10.8. The summed E-state index contributed by atoms with van der Waals surface area (Å²) in [6, 6.07) is 2.38. The van der Waals surface area contributed by atoms with Crippen LogP contribution in [0.4, 0.5) is 0 Å². The molecule has 1 heterocycles. The monoisotopic (exact) mass is 283 g/mol. The minimum absolute atomic E-state index is 0.389. The third-order valence-electron chi connectivity index (χ3n) is 4.46. The molecule has 0 radical (unpaired) electrons. The van der Waals surface area contributed by atoms with Gasteiger partial charge in [0.2, 0.25) is 0 Å². The third-order valence-corrected chi connectivity index (χ3v) is 5.11. The second-order valence-electron chi connectivity index (χ2n) is 5.24. The van der Waals surface area contributed by atoms with Crippen molar-refractivity contribution in [2.45, 2.75) is 31.7 Å². The fraction of sp³-hybridized carbons (Fsp3) is 0.692. The van der Waals surface area contributed by atoms with E-state index in [-0.39, 0.29) is 0 Å². The molecule has 16 heavy (non-hydrogen) atoms. The summed E-state index contributed by atoms with van der Waals surface area (Å²) in [5.74, 6) is 3.75. The summed E-state index contributed by atoms with van der Waals surface area (Å²) in [4.78, 5) is 0. The molecule has 0 spiro atoms. The maximum Gasteiger partial charge on any atom is 0.135 e. The molecule has 2 nitrogen and oxygen atoms in total. The number of halogens is 1. The zero-order chi connectivity index (χ0) is 11.1. The third kappa shape index (κ3) is 1.65. The summed E-state index contributed by atoms with van der Waals surface area (Å²) in [6.45, 7) is 0. The fourth-order valence-electron chi connectivity index (χ4n) is 3.77. The van der Waals surface area contributed by atoms with Crippen LogP contribution < -0.4 is 5.32 Å². The molecule has 1 aromatic rings. The van der Waals surface area contributed by atoms with Gasteiger partial charge in [-0.25, -0.2) is 0 Å². The van der Waals surface area contributed by atoms with Crippen LogP contribution in [-0.4, -0.2) is 7.05 Å². The molecule has 0 aromatic carbocycles. The smallest absolute Gasteiger partial charge is 0.135 e. The molecule has 4 unspecified atom stereocenters. The van der Waals surface area contributed by atoms with Crippen LogP contribution in [0.3, 0.4) is 0 Å². The van der Waals surface area contributed by atoms with Gasteiger partial charge in [-0.2, -0.15) is 0 Å². The van der Waals surface area contributed by atoms with Gasteiger partial charge in [0.25, 0.3) is 0 Å². The fourth-order valence-corrected chi connectivity index (χ4v) is 4.22. The minimum Gasteiger partial charge on any atom is -0.466 e. The van der Waals surface area contributed by atoms with Gasteiger partial charge in [-0.15, -0.1) is 0 Å². The van der Waals surface area contributed by atoms with E-state index >= 15 is 0 Å². The Kier molecular flexibility index (Phi) is 2.84. The predicted octanol–water partition coefficient (Wildman–Crippen LogP) is 3.74. The van der Waals surface area contributed by atoms with E-state index < -0.39 is 0 Å². The first-order chi connectivity index (χ1) is 7.79. The summed E-state index contributed by atoms with van der Waals surface area (Å²) in [5.41, 5.74) is 0. The van der Waals surface area contributed by atoms with Crippen LogP contribution in [0, 0.1) is 17.8 Å². The van der Waals surface area contributed by atoms with Crippen molar-refractivity contribution in [3.8, 4) is 0 Å². The summed E-state index contributed by atoms with van der Waals surface area (Å²) in [7, 11) is 2.05. The highest BCUT2D eigenvalue weighted by Gasteiger charge is 2.44. The molecule has 1 N–H and O–H groups in total. The molecule has 2 saturated carbocycles. The molecule has 0 saturated heterocycles. The van der Waals surface area contributed by atoms with Crippen LogP contribution in [-0.2, 0) is 0 Å². The van der Waals surface area contributed by atoms with Crippen molar-refractivity contribution in [1.29, 1.82) is 0 Å². The maximum atomic E-state index is 5.63. The Morgan fingerprint density at radius 2 is 2.31 bits per heavy atom. The largest absolute Gasteiger partial charge is 0.466 e. The molecular formula is C13H18BrNO. The van der Waals surface area contributed by atoms with Gasteiger partial charge in [0.1, 0.15) is 5.76 Å². The summed E-state index contributed by atoms with van der Waals surface area (Å²) < 4.78 is 6.73. The molecule has 88 valence electrons. The van der Waals surface area contributed by atoms with Crippen LogP contribution in [0.1, 0.15) is 37.5 Å². The molecule has 0 aliphatic heterocycles. The van der Waals surface area contributed by atoms with Crippen molar-refractivity contribution >= 4 is 15.9 Å². The van der Waals surface area contributed by atoms with Crippen LogP contribution in [0.25, 0.3) is 0 Å². The first-order valence-corrected chi connectivity index (χ1v) is 6.99.